The summed E-state index contributed by atoms with van der Waals surface area (Å²) in [6.45, 7) is 3.81. The summed E-state index contributed by atoms with van der Waals surface area (Å²) in [6, 6.07) is 13.6. The van der Waals surface area contributed by atoms with Crippen LogP contribution in [0.5, 0.6) is 11.5 Å². The SMILES string of the molecule is COC(=O)C(C)Sc1nnc(-c2ccc(OC)c(OC)c2)n1-c1ccc(C)cc1. The van der Waals surface area contributed by atoms with Gasteiger partial charge in [0.15, 0.2) is 22.5 Å². The molecule has 1 aromatic heterocycles. The van der Waals surface area contributed by atoms with E-state index in [-0.39, 0.29) is 5.97 Å². The van der Waals surface area contributed by atoms with Gasteiger partial charge in [0.05, 0.1) is 21.3 Å². The van der Waals surface area contributed by atoms with Gasteiger partial charge in [-0.05, 0) is 44.2 Å². The molecular weight excluding hydrogens is 390 g/mol. The number of benzene rings is 2. The zero-order valence-electron chi connectivity index (χ0n) is 17.0. The number of rotatable bonds is 7. The molecule has 1 atom stereocenters. The van der Waals surface area contributed by atoms with Crippen LogP contribution in [0, 0.1) is 6.92 Å². The molecule has 3 aromatic rings. The number of hydrogen-bond donors (Lipinski definition) is 0. The number of aryl methyl sites for hydroxylation is 1. The predicted octanol–water partition coefficient (Wildman–Crippen LogP) is 3.91. The number of thioether (sulfide) groups is 1. The van der Waals surface area contributed by atoms with Gasteiger partial charge in [0.2, 0.25) is 0 Å². The molecule has 0 saturated heterocycles. The van der Waals surface area contributed by atoms with E-state index in [0.29, 0.717) is 22.5 Å². The third-order valence-corrected chi connectivity index (χ3v) is 5.40. The maximum Gasteiger partial charge on any atom is 0.318 e. The van der Waals surface area contributed by atoms with Crippen LogP contribution in [0.25, 0.3) is 17.1 Å². The normalized spacial score (nSPS) is 11.8. The first-order valence-electron chi connectivity index (χ1n) is 8.97. The number of aromatic nitrogens is 3. The molecule has 0 bridgehead atoms. The molecule has 29 heavy (non-hydrogen) atoms. The molecule has 0 amide bonds. The van der Waals surface area contributed by atoms with Crippen LogP contribution >= 0.6 is 11.8 Å². The third kappa shape index (κ3) is 4.37. The number of esters is 1. The van der Waals surface area contributed by atoms with Crippen LogP contribution in [0.3, 0.4) is 0 Å². The summed E-state index contributed by atoms with van der Waals surface area (Å²) in [5.74, 6) is 1.54. The number of carbonyl (C=O) groups excluding carboxylic acids is 1. The Balaban J connectivity index is 2.12. The number of hydrogen-bond acceptors (Lipinski definition) is 7. The van der Waals surface area contributed by atoms with Gasteiger partial charge < -0.3 is 14.2 Å². The molecule has 0 radical (unpaired) electrons. The van der Waals surface area contributed by atoms with Crippen LogP contribution in [0.4, 0.5) is 0 Å². The van der Waals surface area contributed by atoms with E-state index in [4.69, 9.17) is 14.2 Å². The van der Waals surface area contributed by atoms with Crippen LogP contribution in [0.15, 0.2) is 47.6 Å². The molecule has 0 spiro atoms. The zero-order valence-corrected chi connectivity index (χ0v) is 17.8. The molecule has 0 aliphatic heterocycles. The van der Waals surface area contributed by atoms with Crippen molar-refractivity contribution in [3.05, 3.63) is 48.0 Å². The van der Waals surface area contributed by atoms with Gasteiger partial charge in [-0.15, -0.1) is 10.2 Å². The minimum absolute atomic E-state index is 0.318. The molecule has 2 aromatic carbocycles. The van der Waals surface area contributed by atoms with Crippen molar-refractivity contribution in [1.29, 1.82) is 0 Å². The standard InChI is InChI=1S/C21H23N3O4S/c1-13-6-9-16(10-7-13)24-19(15-8-11-17(26-3)18(12-15)27-4)22-23-21(24)29-14(2)20(25)28-5/h6-12,14H,1-5H3. The van der Waals surface area contributed by atoms with Crippen molar-refractivity contribution in [3.63, 3.8) is 0 Å². The van der Waals surface area contributed by atoms with Crippen molar-refractivity contribution in [2.24, 2.45) is 0 Å². The van der Waals surface area contributed by atoms with Gasteiger partial charge in [0.1, 0.15) is 5.25 Å². The Hall–Kier alpha value is -3.00. The highest BCUT2D eigenvalue weighted by Gasteiger charge is 2.22. The fraction of sp³-hybridized carbons (Fsp3) is 0.286. The molecule has 1 unspecified atom stereocenters. The first-order chi connectivity index (χ1) is 14.0. The molecule has 0 saturated carbocycles. The average molecular weight is 413 g/mol. The van der Waals surface area contributed by atoms with Gasteiger partial charge in [0, 0.05) is 11.3 Å². The Morgan fingerprint density at radius 3 is 2.31 bits per heavy atom. The lowest BCUT2D eigenvalue weighted by atomic mass is 10.1. The van der Waals surface area contributed by atoms with Crippen LogP contribution in [0.1, 0.15) is 12.5 Å². The Morgan fingerprint density at radius 2 is 1.69 bits per heavy atom. The second-order valence-corrected chi connectivity index (χ2v) is 7.64. The highest BCUT2D eigenvalue weighted by Crippen LogP contribution is 2.35. The quantitative estimate of drug-likeness (QED) is 0.429. The minimum Gasteiger partial charge on any atom is -0.493 e. The van der Waals surface area contributed by atoms with E-state index in [2.05, 4.69) is 10.2 Å². The lowest BCUT2D eigenvalue weighted by molar-refractivity contribution is -0.139. The van der Waals surface area contributed by atoms with Gasteiger partial charge in [-0.1, -0.05) is 29.5 Å². The smallest absolute Gasteiger partial charge is 0.318 e. The second kappa shape index (κ2) is 9.00. The van der Waals surface area contributed by atoms with Crippen LogP contribution < -0.4 is 9.47 Å². The summed E-state index contributed by atoms with van der Waals surface area (Å²) in [7, 11) is 4.56. The third-order valence-electron chi connectivity index (χ3n) is 4.38. The molecule has 0 aliphatic rings. The van der Waals surface area contributed by atoms with Gasteiger partial charge in [-0.3, -0.25) is 9.36 Å². The Labute approximate surface area is 174 Å². The van der Waals surface area contributed by atoms with Crippen molar-refractivity contribution in [1.82, 2.24) is 14.8 Å². The number of nitrogens with zero attached hydrogens (tertiary/aromatic N) is 3. The van der Waals surface area contributed by atoms with Crippen LogP contribution in [0.2, 0.25) is 0 Å². The summed E-state index contributed by atoms with van der Waals surface area (Å²) >= 11 is 1.29. The first kappa shape index (κ1) is 20.7. The number of methoxy groups -OCH3 is 3. The maximum absolute atomic E-state index is 11.9. The maximum atomic E-state index is 11.9. The monoisotopic (exact) mass is 413 g/mol. The Morgan fingerprint density at radius 1 is 1.00 bits per heavy atom. The molecule has 7 nitrogen and oxygen atoms in total. The molecule has 1 heterocycles. The van der Waals surface area contributed by atoms with Gasteiger partial charge in [-0.25, -0.2) is 0 Å². The van der Waals surface area contributed by atoms with E-state index in [9.17, 15) is 4.79 Å². The molecule has 3 rings (SSSR count). The average Bonchev–Trinajstić information content (AvgIpc) is 3.16. The lowest BCUT2D eigenvalue weighted by Crippen LogP contribution is -2.15. The van der Waals surface area contributed by atoms with E-state index in [1.807, 2.05) is 54.0 Å². The molecule has 0 fully saturated rings. The number of ether oxygens (including phenoxy) is 3. The first-order valence-corrected chi connectivity index (χ1v) is 9.85. The Bertz CT molecular complexity index is 1000. The largest absolute Gasteiger partial charge is 0.493 e. The highest BCUT2D eigenvalue weighted by atomic mass is 32.2. The fourth-order valence-corrected chi connectivity index (χ4v) is 3.70. The topological polar surface area (TPSA) is 75.5 Å². The van der Waals surface area contributed by atoms with Crippen LogP contribution in [-0.2, 0) is 9.53 Å². The van der Waals surface area contributed by atoms with Crippen molar-refractivity contribution in [2.45, 2.75) is 24.3 Å². The fourth-order valence-electron chi connectivity index (χ4n) is 2.81. The summed E-state index contributed by atoms with van der Waals surface area (Å²) in [6.07, 6.45) is 0. The predicted molar refractivity (Wildman–Crippen MR) is 112 cm³/mol. The second-order valence-electron chi connectivity index (χ2n) is 6.33. The molecular formula is C21H23N3O4S. The van der Waals surface area contributed by atoms with Crippen molar-refractivity contribution in [2.75, 3.05) is 21.3 Å². The summed E-state index contributed by atoms with van der Waals surface area (Å²) in [4.78, 5) is 11.9. The summed E-state index contributed by atoms with van der Waals surface area (Å²) in [5, 5.41) is 8.91. The zero-order chi connectivity index (χ0) is 21.0. The summed E-state index contributed by atoms with van der Waals surface area (Å²) in [5.41, 5.74) is 2.85. The lowest BCUT2D eigenvalue weighted by Gasteiger charge is -2.14. The summed E-state index contributed by atoms with van der Waals surface area (Å²) < 4.78 is 17.5. The van der Waals surface area contributed by atoms with E-state index in [0.717, 1.165) is 16.8 Å². The number of carbonyl (C=O) groups is 1. The molecule has 0 aliphatic carbocycles. The van der Waals surface area contributed by atoms with Gasteiger partial charge >= 0.3 is 5.97 Å². The van der Waals surface area contributed by atoms with Crippen molar-refractivity contribution in [3.8, 4) is 28.6 Å². The molecule has 152 valence electrons. The van der Waals surface area contributed by atoms with Crippen LogP contribution in [-0.4, -0.2) is 47.3 Å². The van der Waals surface area contributed by atoms with Crippen molar-refractivity contribution < 1.29 is 19.0 Å². The molecule has 8 heteroatoms. The van der Waals surface area contributed by atoms with E-state index in [1.165, 1.54) is 18.9 Å². The molecule has 0 N–H and O–H groups in total. The van der Waals surface area contributed by atoms with E-state index < -0.39 is 5.25 Å². The van der Waals surface area contributed by atoms with E-state index in [1.54, 1.807) is 21.1 Å². The Kier molecular flexibility index (Phi) is 6.43. The van der Waals surface area contributed by atoms with E-state index >= 15 is 0 Å². The highest BCUT2D eigenvalue weighted by molar-refractivity contribution is 8.00. The van der Waals surface area contributed by atoms with Gasteiger partial charge in [0.25, 0.3) is 0 Å². The van der Waals surface area contributed by atoms with Gasteiger partial charge in [-0.2, -0.15) is 0 Å². The minimum atomic E-state index is -0.424. The van der Waals surface area contributed by atoms with Crippen molar-refractivity contribution >= 4 is 17.7 Å².